The number of nitrogens with zero attached hydrogens (tertiary/aromatic N) is 1. The van der Waals surface area contributed by atoms with Crippen LogP contribution in [-0.2, 0) is 10.0 Å². The van der Waals surface area contributed by atoms with Gasteiger partial charge in [0.25, 0.3) is 0 Å². The average Bonchev–Trinajstić information content (AvgIpc) is 2.79. The monoisotopic (exact) mass is 342 g/mol. The van der Waals surface area contributed by atoms with Gasteiger partial charge < -0.3 is 11.1 Å². The van der Waals surface area contributed by atoms with Crippen LogP contribution in [-0.4, -0.2) is 31.4 Å². The molecule has 0 fully saturated rings. The third-order valence-electron chi connectivity index (χ3n) is 2.86. The number of benzene rings is 1. The Hall–Kier alpha value is -1.22. The molecule has 1 aromatic heterocycles. The summed E-state index contributed by atoms with van der Waals surface area (Å²) in [7, 11) is -3.62. The lowest BCUT2D eigenvalue weighted by atomic mass is 10.1. The molecule has 4 N–H and O–H groups in total. The van der Waals surface area contributed by atoms with Crippen LogP contribution in [0.2, 0.25) is 0 Å². The molecule has 0 saturated heterocycles. The number of nitrogens with two attached hydrogens (primary N) is 1. The maximum absolute atomic E-state index is 12.7. The van der Waals surface area contributed by atoms with Crippen LogP contribution in [0.5, 0.6) is 0 Å². The van der Waals surface area contributed by atoms with Crippen LogP contribution in [0.25, 0.3) is 10.1 Å². The molecule has 0 saturated carbocycles. The van der Waals surface area contributed by atoms with E-state index in [-0.39, 0.29) is 4.90 Å². The van der Waals surface area contributed by atoms with Gasteiger partial charge in [0.05, 0.1) is 15.0 Å². The lowest BCUT2D eigenvalue weighted by Gasteiger charge is -2.20. The fourth-order valence-electron chi connectivity index (χ4n) is 2.07. The Morgan fingerprint density at radius 2 is 2.05 bits per heavy atom. The highest BCUT2D eigenvalue weighted by Crippen LogP contribution is 2.32. The predicted molar refractivity (Wildman–Crippen MR) is 91.9 cm³/mol. The summed E-state index contributed by atoms with van der Waals surface area (Å²) in [5.74, 6) is 0.600. The van der Waals surface area contributed by atoms with Crippen molar-refractivity contribution in [1.82, 2.24) is 9.10 Å². The van der Waals surface area contributed by atoms with Crippen molar-refractivity contribution in [2.24, 2.45) is 5.73 Å². The highest BCUT2D eigenvalue weighted by atomic mass is 32.2. The number of anilines is 1. The number of aromatic nitrogens is 1. The molecule has 0 bridgehead atoms. The Morgan fingerprint density at radius 3 is 2.68 bits per heavy atom. The van der Waals surface area contributed by atoms with Gasteiger partial charge in [0.1, 0.15) is 5.82 Å². The van der Waals surface area contributed by atoms with Gasteiger partial charge >= 0.3 is 0 Å². The molecule has 0 aliphatic rings. The van der Waals surface area contributed by atoms with Crippen LogP contribution < -0.4 is 15.8 Å². The number of fused-ring (bicyclic) bond motifs is 1. The lowest BCUT2D eigenvalue weighted by molar-refractivity contribution is 0.492. The molecule has 0 atom stereocenters. The van der Waals surface area contributed by atoms with Gasteiger partial charge in [0.2, 0.25) is 10.0 Å². The summed E-state index contributed by atoms with van der Waals surface area (Å²) in [6.07, 6.45) is 0.800. The molecular weight excluding hydrogens is 320 g/mol. The van der Waals surface area contributed by atoms with E-state index in [1.54, 1.807) is 12.1 Å². The molecule has 2 rings (SSSR count). The first-order valence-corrected chi connectivity index (χ1v) is 9.36. The number of hydrogen-bond acceptors (Lipinski definition) is 6. The van der Waals surface area contributed by atoms with E-state index in [0.29, 0.717) is 24.3 Å². The number of hydrogen-bond donors (Lipinski definition) is 3. The Balaban J connectivity index is 2.47. The van der Waals surface area contributed by atoms with Crippen LogP contribution in [0.1, 0.15) is 27.2 Å². The normalized spacial score (nSPS) is 12.7. The van der Waals surface area contributed by atoms with E-state index in [1.165, 1.54) is 11.5 Å². The van der Waals surface area contributed by atoms with Crippen molar-refractivity contribution < 1.29 is 8.42 Å². The number of sulfonamides is 1. The van der Waals surface area contributed by atoms with Crippen molar-refractivity contribution in [1.29, 1.82) is 0 Å². The van der Waals surface area contributed by atoms with Crippen molar-refractivity contribution in [3.63, 3.8) is 0 Å². The summed E-state index contributed by atoms with van der Waals surface area (Å²) in [5, 5.41) is 3.81. The molecule has 2 aromatic rings. The van der Waals surface area contributed by atoms with Crippen LogP contribution in [0.15, 0.2) is 23.1 Å². The zero-order chi connectivity index (χ0) is 16.4. The van der Waals surface area contributed by atoms with Gasteiger partial charge in [0, 0.05) is 12.1 Å². The Morgan fingerprint density at radius 1 is 1.32 bits per heavy atom. The predicted octanol–water partition coefficient (Wildman–Crippen LogP) is 2.13. The average molecular weight is 342 g/mol. The largest absolute Gasteiger partial charge is 0.369 e. The van der Waals surface area contributed by atoms with Crippen molar-refractivity contribution in [3.05, 3.63) is 18.2 Å². The van der Waals surface area contributed by atoms with Crippen LogP contribution in [0.4, 0.5) is 5.82 Å². The Labute approximate surface area is 135 Å². The quantitative estimate of drug-likeness (QED) is 0.699. The summed E-state index contributed by atoms with van der Waals surface area (Å²) < 4.78 is 33.2. The molecule has 8 heteroatoms. The molecule has 0 unspecified atom stereocenters. The summed E-state index contributed by atoms with van der Waals surface area (Å²) in [5.41, 5.74) is 4.94. The van der Waals surface area contributed by atoms with Crippen molar-refractivity contribution in [2.45, 2.75) is 37.6 Å². The molecule has 0 amide bonds. The number of nitrogens with one attached hydrogen (secondary N) is 2. The van der Waals surface area contributed by atoms with Gasteiger partial charge in [-0.1, -0.05) is 6.07 Å². The fourth-order valence-corrected chi connectivity index (χ4v) is 4.57. The van der Waals surface area contributed by atoms with Crippen molar-refractivity contribution in [3.8, 4) is 0 Å². The Kier molecular flexibility index (Phi) is 5.06. The Bertz CT molecular complexity index is 748. The maximum Gasteiger partial charge on any atom is 0.241 e. The standard InChI is InChI=1S/C14H22N4O2S2/c1-14(2,3)18-22(19,20)11-7-4-6-10-12(11)13(17-21-10)16-9-5-8-15/h4,6-7,18H,5,8-9,15H2,1-3H3,(H,16,17). The molecule has 1 heterocycles. The van der Waals surface area contributed by atoms with E-state index in [1.807, 2.05) is 26.8 Å². The van der Waals surface area contributed by atoms with Gasteiger partial charge in [-0.2, -0.15) is 4.37 Å². The molecule has 0 spiro atoms. The minimum absolute atomic E-state index is 0.254. The second-order valence-electron chi connectivity index (χ2n) is 6.08. The SMILES string of the molecule is CC(C)(C)NS(=O)(=O)c1cccc2snc(NCCCN)c12. The first kappa shape index (κ1) is 17.1. The van der Waals surface area contributed by atoms with Crippen LogP contribution >= 0.6 is 11.5 Å². The summed E-state index contributed by atoms with van der Waals surface area (Å²) in [4.78, 5) is 0.254. The minimum atomic E-state index is -3.62. The summed E-state index contributed by atoms with van der Waals surface area (Å²) in [6, 6.07) is 5.22. The van der Waals surface area contributed by atoms with Crippen LogP contribution in [0.3, 0.4) is 0 Å². The highest BCUT2D eigenvalue weighted by molar-refractivity contribution is 7.89. The van der Waals surface area contributed by atoms with E-state index < -0.39 is 15.6 Å². The molecule has 0 aliphatic carbocycles. The molecular formula is C14H22N4O2S2. The maximum atomic E-state index is 12.7. The van der Waals surface area contributed by atoms with Gasteiger partial charge in [-0.3, -0.25) is 0 Å². The minimum Gasteiger partial charge on any atom is -0.369 e. The first-order valence-electron chi connectivity index (χ1n) is 7.11. The van der Waals surface area contributed by atoms with Gasteiger partial charge in [-0.25, -0.2) is 13.1 Å². The van der Waals surface area contributed by atoms with Gasteiger partial charge in [0.15, 0.2) is 0 Å². The lowest BCUT2D eigenvalue weighted by Crippen LogP contribution is -2.40. The molecule has 0 radical (unpaired) electrons. The zero-order valence-corrected chi connectivity index (χ0v) is 14.6. The van der Waals surface area contributed by atoms with E-state index >= 15 is 0 Å². The first-order chi connectivity index (χ1) is 10.2. The fraction of sp³-hybridized carbons (Fsp3) is 0.500. The van der Waals surface area contributed by atoms with E-state index in [2.05, 4.69) is 14.4 Å². The number of rotatable bonds is 6. The van der Waals surface area contributed by atoms with Crippen molar-refractivity contribution in [2.75, 3.05) is 18.4 Å². The van der Waals surface area contributed by atoms with E-state index in [9.17, 15) is 8.42 Å². The highest BCUT2D eigenvalue weighted by Gasteiger charge is 2.25. The topological polar surface area (TPSA) is 97.1 Å². The van der Waals surface area contributed by atoms with Crippen molar-refractivity contribution >= 4 is 37.5 Å². The van der Waals surface area contributed by atoms with Crippen LogP contribution in [0, 0.1) is 0 Å². The van der Waals surface area contributed by atoms with Gasteiger partial charge in [-0.15, -0.1) is 0 Å². The second-order valence-corrected chi connectivity index (χ2v) is 8.54. The van der Waals surface area contributed by atoms with E-state index in [0.717, 1.165) is 11.1 Å². The smallest absolute Gasteiger partial charge is 0.241 e. The van der Waals surface area contributed by atoms with Gasteiger partial charge in [-0.05, 0) is 57.4 Å². The molecule has 22 heavy (non-hydrogen) atoms. The van der Waals surface area contributed by atoms with E-state index in [4.69, 9.17) is 5.73 Å². The third-order valence-corrected chi connectivity index (χ3v) is 5.47. The zero-order valence-electron chi connectivity index (χ0n) is 13.0. The molecule has 1 aromatic carbocycles. The molecule has 6 nitrogen and oxygen atoms in total. The second kappa shape index (κ2) is 6.49. The third kappa shape index (κ3) is 3.95. The summed E-state index contributed by atoms with van der Waals surface area (Å²) in [6.45, 7) is 6.69. The summed E-state index contributed by atoms with van der Waals surface area (Å²) >= 11 is 1.28. The molecule has 0 aliphatic heterocycles. The molecule has 122 valence electrons.